The summed E-state index contributed by atoms with van der Waals surface area (Å²) in [5, 5.41) is 10.8. The molecule has 3 unspecified atom stereocenters. The van der Waals surface area contributed by atoms with Crippen LogP contribution in [0.4, 0.5) is 5.69 Å². The first kappa shape index (κ1) is 22.3. The van der Waals surface area contributed by atoms with E-state index in [4.69, 9.17) is 5.10 Å². The maximum absolute atomic E-state index is 4.75. The Morgan fingerprint density at radius 2 is 1.94 bits per heavy atom. The van der Waals surface area contributed by atoms with Gasteiger partial charge in [0.2, 0.25) is 0 Å². The first-order valence-electron chi connectivity index (χ1n) is 12.1. The highest BCUT2D eigenvalue weighted by atomic mass is 32.2. The highest BCUT2D eigenvalue weighted by Crippen LogP contribution is 2.64. The van der Waals surface area contributed by atoms with Gasteiger partial charge in [-0.3, -0.25) is 4.57 Å². The van der Waals surface area contributed by atoms with Gasteiger partial charge in [-0.15, -0.1) is 10.2 Å². The summed E-state index contributed by atoms with van der Waals surface area (Å²) in [4.78, 5) is 2.13. The van der Waals surface area contributed by atoms with E-state index >= 15 is 0 Å². The molecule has 0 bridgehead atoms. The smallest absolute Gasteiger partial charge is 0.196 e. The Hall–Kier alpha value is -2.53. The minimum absolute atomic E-state index is 0.191. The summed E-state index contributed by atoms with van der Waals surface area (Å²) in [6, 6.07) is 8.75. The number of aromatic nitrogens is 3. The zero-order chi connectivity index (χ0) is 23.0. The number of hydrogen-bond donors (Lipinski definition) is 0. The first-order chi connectivity index (χ1) is 16.0. The molecule has 0 amide bonds. The van der Waals surface area contributed by atoms with Crippen LogP contribution in [-0.2, 0) is 6.42 Å². The van der Waals surface area contributed by atoms with Crippen molar-refractivity contribution in [2.45, 2.75) is 49.9 Å². The molecule has 0 aliphatic heterocycles. The van der Waals surface area contributed by atoms with Gasteiger partial charge in [-0.25, -0.2) is 0 Å². The fourth-order valence-electron chi connectivity index (χ4n) is 5.04. The van der Waals surface area contributed by atoms with E-state index in [1.807, 2.05) is 11.8 Å². The SMILES string of the molecule is CC(C)Cc1nnc(SC(C2=CCCC=C2)C23C=CC=CC2C3)n1-c1ccc(N(C)C)cc1. The highest BCUT2D eigenvalue weighted by molar-refractivity contribution is 8.00. The standard InChI is InChI=1S/C28H34N4S/c1-20(2)18-25-29-30-27(32(25)24-15-13-23(14-16-24)31(3)4)33-26(21-10-6-5-7-11-21)28-17-9-8-12-22(28)19-28/h6,8-17,20,22,26H,5,7,18-19H2,1-4H3. The second-order valence-electron chi connectivity index (χ2n) is 10.1. The summed E-state index contributed by atoms with van der Waals surface area (Å²) in [7, 11) is 4.15. The van der Waals surface area contributed by atoms with Crippen LogP contribution in [0.5, 0.6) is 0 Å². The second kappa shape index (κ2) is 9.02. The van der Waals surface area contributed by atoms with Gasteiger partial charge in [-0.1, -0.05) is 68.1 Å². The number of hydrogen-bond acceptors (Lipinski definition) is 4. The predicted octanol–water partition coefficient (Wildman–Crippen LogP) is 6.40. The molecule has 0 saturated heterocycles. The van der Waals surface area contributed by atoms with E-state index in [0.29, 0.717) is 17.1 Å². The molecule has 0 radical (unpaired) electrons. The summed E-state index contributed by atoms with van der Waals surface area (Å²) < 4.78 is 2.29. The van der Waals surface area contributed by atoms with E-state index in [1.54, 1.807) is 0 Å². The minimum Gasteiger partial charge on any atom is -0.378 e. The molecule has 172 valence electrons. The molecular weight excluding hydrogens is 424 g/mol. The molecule has 1 heterocycles. The zero-order valence-electron chi connectivity index (χ0n) is 20.1. The average Bonchev–Trinajstić information content (AvgIpc) is 3.45. The van der Waals surface area contributed by atoms with Crippen LogP contribution in [0.2, 0.25) is 0 Å². The van der Waals surface area contributed by atoms with Gasteiger partial charge in [0.1, 0.15) is 5.82 Å². The number of fused-ring (bicyclic) bond motifs is 1. The van der Waals surface area contributed by atoms with Crippen molar-refractivity contribution in [1.82, 2.24) is 14.8 Å². The van der Waals surface area contributed by atoms with Crippen molar-refractivity contribution in [3.05, 3.63) is 78.2 Å². The maximum Gasteiger partial charge on any atom is 0.196 e. The summed E-state index contributed by atoms with van der Waals surface area (Å²) in [6.07, 6.45) is 20.8. The average molecular weight is 459 g/mol. The topological polar surface area (TPSA) is 34.0 Å². The monoisotopic (exact) mass is 458 g/mol. The Bertz CT molecular complexity index is 1120. The van der Waals surface area contributed by atoms with E-state index in [2.05, 4.69) is 109 Å². The molecule has 3 aliphatic rings. The van der Waals surface area contributed by atoms with Crippen LogP contribution < -0.4 is 4.90 Å². The van der Waals surface area contributed by atoms with E-state index in [1.165, 1.54) is 17.7 Å². The van der Waals surface area contributed by atoms with Crippen LogP contribution in [0.3, 0.4) is 0 Å². The summed E-state index contributed by atoms with van der Waals surface area (Å²) in [5.41, 5.74) is 3.97. The number of nitrogens with zero attached hydrogens (tertiary/aromatic N) is 4. The van der Waals surface area contributed by atoms with Gasteiger partial charge in [-0.2, -0.15) is 0 Å². The van der Waals surface area contributed by atoms with Crippen LogP contribution in [0.1, 0.15) is 38.9 Å². The van der Waals surface area contributed by atoms with Crippen molar-refractivity contribution in [3.8, 4) is 5.69 Å². The Morgan fingerprint density at radius 3 is 2.61 bits per heavy atom. The molecular formula is C28H34N4S. The molecule has 3 aliphatic carbocycles. The fourth-order valence-corrected chi connectivity index (χ4v) is 6.53. The largest absolute Gasteiger partial charge is 0.378 e. The van der Waals surface area contributed by atoms with Crippen molar-refractivity contribution >= 4 is 17.4 Å². The van der Waals surface area contributed by atoms with Crippen molar-refractivity contribution in [1.29, 1.82) is 0 Å². The van der Waals surface area contributed by atoms with Gasteiger partial charge in [0.05, 0.1) is 0 Å². The normalized spacial score (nSPS) is 24.0. The Labute approximate surface area is 202 Å². The van der Waals surface area contributed by atoms with Crippen LogP contribution in [-0.4, -0.2) is 34.1 Å². The molecule has 1 fully saturated rings. The van der Waals surface area contributed by atoms with Gasteiger partial charge in [0.15, 0.2) is 5.16 Å². The van der Waals surface area contributed by atoms with Crippen LogP contribution in [0.15, 0.2) is 77.5 Å². The van der Waals surface area contributed by atoms with Crippen LogP contribution in [0, 0.1) is 17.3 Å². The van der Waals surface area contributed by atoms with Crippen molar-refractivity contribution < 1.29 is 0 Å². The summed E-state index contributed by atoms with van der Waals surface area (Å²) >= 11 is 1.90. The number of thioether (sulfide) groups is 1. The third-order valence-corrected chi connectivity index (χ3v) is 8.34. The molecule has 2 aromatic rings. The maximum atomic E-state index is 4.75. The molecule has 5 rings (SSSR count). The lowest BCUT2D eigenvalue weighted by Crippen LogP contribution is -2.23. The van der Waals surface area contributed by atoms with Crippen LogP contribution >= 0.6 is 11.8 Å². The lowest BCUT2D eigenvalue weighted by atomic mass is 9.88. The second-order valence-corrected chi connectivity index (χ2v) is 11.2. The lowest BCUT2D eigenvalue weighted by Gasteiger charge is -2.28. The van der Waals surface area contributed by atoms with E-state index in [9.17, 15) is 0 Å². The third-order valence-electron chi connectivity index (χ3n) is 6.92. The van der Waals surface area contributed by atoms with Crippen molar-refractivity contribution in [2.75, 3.05) is 19.0 Å². The fraction of sp³-hybridized carbons (Fsp3) is 0.429. The molecule has 33 heavy (non-hydrogen) atoms. The molecule has 1 aromatic heterocycles. The summed E-state index contributed by atoms with van der Waals surface area (Å²) in [6.45, 7) is 4.49. The van der Waals surface area contributed by atoms with Crippen molar-refractivity contribution in [3.63, 3.8) is 0 Å². The summed E-state index contributed by atoms with van der Waals surface area (Å²) in [5.74, 6) is 2.19. The van der Waals surface area contributed by atoms with Gasteiger partial charge < -0.3 is 4.90 Å². The lowest BCUT2D eigenvalue weighted by molar-refractivity contribution is 0.606. The third kappa shape index (κ3) is 4.35. The van der Waals surface area contributed by atoms with Gasteiger partial charge in [0.25, 0.3) is 0 Å². The molecule has 1 saturated carbocycles. The molecule has 0 spiro atoms. The quantitative estimate of drug-likeness (QED) is 0.429. The molecule has 1 aromatic carbocycles. The number of allylic oxidation sites excluding steroid dienone is 7. The Kier molecular flexibility index (Phi) is 6.09. The van der Waals surface area contributed by atoms with E-state index in [0.717, 1.165) is 35.9 Å². The van der Waals surface area contributed by atoms with E-state index in [-0.39, 0.29) is 5.41 Å². The molecule has 3 atom stereocenters. The Morgan fingerprint density at radius 1 is 1.12 bits per heavy atom. The van der Waals surface area contributed by atoms with Gasteiger partial charge in [0, 0.05) is 42.6 Å². The van der Waals surface area contributed by atoms with Crippen LogP contribution in [0.25, 0.3) is 5.69 Å². The highest BCUT2D eigenvalue weighted by Gasteiger charge is 2.57. The molecule has 4 nitrogen and oxygen atoms in total. The molecule has 0 N–H and O–H groups in total. The number of benzene rings is 1. The number of rotatable bonds is 8. The van der Waals surface area contributed by atoms with Gasteiger partial charge >= 0.3 is 0 Å². The number of anilines is 1. The van der Waals surface area contributed by atoms with Gasteiger partial charge in [-0.05, 0) is 60.9 Å². The zero-order valence-corrected chi connectivity index (χ0v) is 20.9. The van der Waals surface area contributed by atoms with E-state index < -0.39 is 0 Å². The minimum atomic E-state index is 0.191. The predicted molar refractivity (Wildman–Crippen MR) is 139 cm³/mol. The molecule has 5 heteroatoms. The van der Waals surface area contributed by atoms with Crippen molar-refractivity contribution in [2.24, 2.45) is 17.3 Å². The Balaban J connectivity index is 1.54. The first-order valence-corrected chi connectivity index (χ1v) is 13.0.